The van der Waals surface area contributed by atoms with E-state index in [9.17, 15) is 22.0 Å². The van der Waals surface area contributed by atoms with Crippen molar-refractivity contribution in [2.24, 2.45) is 5.92 Å². The Hall–Kier alpha value is -1.58. The van der Waals surface area contributed by atoms with E-state index in [0.717, 1.165) is 0 Å². The smallest absolute Gasteiger partial charge is 0.341 e. The summed E-state index contributed by atoms with van der Waals surface area (Å²) in [7, 11) is -4.44. The van der Waals surface area contributed by atoms with Gasteiger partial charge < -0.3 is 5.11 Å². The monoisotopic (exact) mass is 309 g/mol. The minimum Gasteiger partial charge on any atom is -0.477 e. The number of rotatable bonds is 6. The van der Waals surface area contributed by atoms with Crippen LogP contribution in [-0.2, 0) is 14.9 Å². The van der Waals surface area contributed by atoms with Crippen molar-refractivity contribution in [3.8, 4) is 0 Å². The first kappa shape index (κ1) is 16.5. The molecule has 0 unspecified atom stereocenters. The molecule has 0 spiro atoms. The predicted octanol–water partition coefficient (Wildman–Crippen LogP) is 1.53. The lowest BCUT2D eigenvalue weighted by Crippen LogP contribution is -2.27. The predicted molar refractivity (Wildman–Crippen MR) is 64.4 cm³/mol. The van der Waals surface area contributed by atoms with Crippen LogP contribution in [0.1, 0.15) is 24.2 Å². The number of hydrogen-bond acceptors (Lipinski definition) is 4. The Bertz CT molecular complexity index is 615. The van der Waals surface area contributed by atoms with Gasteiger partial charge in [0, 0.05) is 0 Å². The zero-order valence-electron chi connectivity index (χ0n) is 10.7. The van der Waals surface area contributed by atoms with Crippen molar-refractivity contribution in [1.29, 1.82) is 0 Å². The van der Waals surface area contributed by atoms with Gasteiger partial charge >= 0.3 is 5.97 Å². The van der Waals surface area contributed by atoms with E-state index in [4.69, 9.17) is 5.11 Å². The molecule has 9 heteroatoms. The fraction of sp³-hybridized carbons (Fsp3) is 0.364. The second kappa shape index (κ2) is 6.25. The Morgan fingerprint density at radius 1 is 1.40 bits per heavy atom. The Labute approximate surface area is 114 Å². The summed E-state index contributed by atoms with van der Waals surface area (Å²) in [4.78, 5) is 16.0. The summed E-state index contributed by atoms with van der Waals surface area (Å²) in [6.07, 6.45) is 0. The molecule has 6 nitrogen and oxygen atoms in total. The molecule has 0 aliphatic heterocycles. The van der Waals surface area contributed by atoms with Crippen LogP contribution in [0, 0.1) is 17.6 Å². The molecule has 2 N–H and O–H groups in total. The molecule has 1 rings (SSSR count). The lowest BCUT2D eigenvalue weighted by Gasteiger charge is -2.10. The fourth-order valence-electron chi connectivity index (χ4n) is 1.26. The Balaban J connectivity index is 3.13. The molecule has 1 aromatic carbocycles. The molecule has 0 aliphatic rings. The van der Waals surface area contributed by atoms with Crippen molar-refractivity contribution in [3.05, 3.63) is 29.3 Å². The van der Waals surface area contributed by atoms with Crippen LogP contribution in [0.5, 0.6) is 0 Å². The first-order chi connectivity index (χ1) is 9.16. The van der Waals surface area contributed by atoms with Gasteiger partial charge in [-0.3, -0.25) is 4.84 Å². The molecular weight excluding hydrogens is 296 g/mol. The van der Waals surface area contributed by atoms with E-state index in [1.807, 2.05) is 0 Å². The van der Waals surface area contributed by atoms with Crippen molar-refractivity contribution in [3.63, 3.8) is 0 Å². The van der Waals surface area contributed by atoms with Crippen LogP contribution in [0.3, 0.4) is 0 Å². The number of benzene rings is 1. The number of carboxylic acid groups (broad SMARTS) is 1. The zero-order chi connectivity index (χ0) is 15.5. The van der Waals surface area contributed by atoms with Crippen molar-refractivity contribution < 1.29 is 31.9 Å². The molecule has 112 valence electrons. The molecular formula is C11H13F2NO5S. The van der Waals surface area contributed by atoms with E-state index in [2.05, 4.69) is 4.84 Å². The number of halogens is 2. The van der Waals surface area contributed by atoms with E-state index in [1.54, 1.807) is 18.7 Å². The number of carboxylic acids is 1. The first-order valence-corrected chi connectivity index (χ1v) is 7.00. The molecule has 0 amide bonds. The highest BCUT2D eigenvalue weighted by atomic mass is 32.2. The summed E-state index contributed by atoms with van der Waals surface area (Å²) in [5, 5.41) is 8.66. The third-order valence-corrected chi connectivity index (χ3v) is 3.38. The van der Waals surface area contributed by atoms with Gasteiger partial charge in [0.15, 0.2) is 5.82 Å². The number of carbonyl (C=O) groups is 1. The van der Waals surface area contributed by atoms with Crippen molar-refractivity contribution in [2.75, 3.05) is 6.61 Å². The maximum Gasteiger partial charge on any atom is 0.341 e. The molecule has 0 heterocycles. The molecule has 0 fully saturated rings. The topological polar surface area (TPSA) is 92.7 Å². The van der Waals surface area contributed by atoms with E-state index in [-0.39, 0.29) is 12.5 Å². The maximum atomic E-state index is 13.8. The average Bonchev–Trinajstić information content (AvgIpc) is 2.26. The van der Waals surface area contributed by atoms with Crippen LogP contribution in [0.25, 0.3) is 0 Å². The lowest BCUT2D eigenvalue weighted by atomic mass is 10.2. The molecule has 0 aliphatic carbocycles. The molecule has 0 aromatic heterocycles. The zero-order valence-corrected chi connectivity index (χ0v) is 11.5. The van der Waals surface area contributed by atoms with Crippen LogP contribution < -0.4 is 4.89 Å². The summed E-state index contributed by atoms with van der Waals surface area (Å²) in [5.74, 6) is -4.93. The SMILES string of the molecule is CC(C)CONS(=O)(=O)c1ccc(F)c(C(=O)O)c1F. The van der Waals surface area contributed by atoms with Crippen LogP contribution >= 0.6 is 0 Å². The van der Waals surface area contributed by atoms with Gasteiger partial charge in [-0.15, -0.1) is 0 Å². The number of nitrogens with one attached hydrogen (secondary N) is 1. The van der Waals surface area contributed by atoms with Gasteiger partial charge in [0.2, 0.25) is 0 Å². The molecule has 0 saturated carbocycles. The molecule has 0 atom stereocenters. The van der Waals surface area contributed by atoms with Gasteiger partial charge in [0.25, 0.3) is 10.0 Å². The number of hydrogen-bond donors (Lipinski definition) is 2. The average molecular weight is 309 g/mol. The fourth-order valence-corrected chi connectivity index (χ4v) is 2.16. The Kier molecular flexibility index (Phi) is 5.15. The Morgan fingerprint density at radius 2 is 2.00 bits per heavy atom. The normalized spacial score (nSPS) is 11.8. The van der Waals surface area contributed by atoms with Crippen LogP contribution in [-0.4, -0.2) is 26.1 Å². The standard InChI is InChI=1S/C11H13F2NO5S/c1-6(2)5-19-14-20(17,18)8-4-3-7(12)9(10(8)13)11(15)16/h3-4,6,14H,5H2,1-2H3,(H,15,16). The summed E-state index contributed by atoms with van der Waals surface area (Å²) in [6.45, 7) is 3.55. The highest BCUT2D eigenvalue weighted by Crippen LogP contribution is 2.21. The van der Waals surface area contributed by atoms with Gasteiger partial charge in [-0.1, -0.05) is 18.7 Å². The van der Waals surface area contributed by atoms with Crippen LogP contribution in [0.15, 0.2) is 17.0 Å². The third-order valence-electron chi connectivity index (χ3n) is 2.14. The van der Waals surface area contributed by atoms with E-state index < -0.39 is 38.1 Å². The van der Waals surface area contributed by atoms with E-state index in [0.29, 0.717) is 12.1 Å². The van der Waals surface area contributed by atoms with E-state index in [1.165, 1.54) is 0 Å². The summed E-state index contributed by atoms with van der Waals surface area (Å²) in [6, 6.07) is 1.18. The van der Waals surface area contributed by atoms with Crippen molar-refractivity contribution in [1.82, 2.24) is 4.89 Å². The second-order valence-electron chi connectivity index (χ2n) is 4.33. The van der Waals surface area contributed by atoms with Gasteiger partial charge in [0.1, 0.15) is 16.3 Å². The number of sulfonamides is 1. The quantitative estimate of drug-likeness (QED) is 0.777. The molecule has 0 radical (unpaired) electrons. The molecule has 0 saturated heterocycles. The summed E-state index contributed by atoms with van der Waals surface area (Å²) < 4.78 is 50.4. The van der Waals surface area contributed by atoms with Crippen LogP contribution in [0.2, 0.25) is 0 Å². The number of aromatic carboxylic acids is 1. The largest absolute Gasteiger partial charge is 0.477 e. The maximum absolute atomic E-state index is 13.8. The summed E-state index contributed by atoms with van der Waals surface area (Å²) in [5.41, 5.74) is -1.34. The Morgan fingerprint density at radius 3 is 2.50 bits per heavy atom. The minimum atomic E-state index is -4.44. The van der Waals surface area contributed by atoms with Gasteiger partial charge in [-0.2, -0.15) is 0 Å². The lowest BCUT2D eigenvalue weighted by molar-refractivity contribution is 0.0684. The molecule has 0 bridgehead atoms. The van der Waals surface area contributed by atoms with Gasteiger partial charge in [-0.25, -0.2) is 22.0 Å². The van der Waals surface area contributed by atoms with Gasteiger partial charge in [-0.05, 0) is 18.1 Å². The highest BCUT2D eigenvalue weighted by Gasteiger charge is 2.27. The van der Waals surface area contributed by atoms with E-state index >= 15 is 0 Å². The van der Waals surface area contributed by atoms with Crippen molar-refractivity contribution >= 4 is 16.0 Å². The molecule has 20 heavy (non-hydrogen) atoms. The summed E-state index contributed by atoms with van der Waals surface area (Å²) >= 11 is 0. The third kappa shape index (κ3) is 3.71. The molecule has 1 aromatic rings. The van der Waals surface area contributed by atoms with Crippen molar-refractivity contribution in [2.45, 2.75) is 18.7 Å². The highest BCUT2D eigenvalue weighted by molar-refractivity contribution is 7.89. The minimum absolute atomic E-state index is 0.0188. The second-order valence-corrected chi connectivity index (χ2v) is 5.94. The van der Waals surface area contributed by atoms with Gasteiger partial charge in [0.05, 0.1) is 6.61 Å². The van der Waals surface area contributed by atoms with Crippen LogP contribution in [0.4, 0.5) is 8.78 Å². The first-order valence-electron chi connectivity index (χ1n) is 5.51.